The third-order valence-corrected chi connectivity index (χ3v) is 6.72. The van der Waals surface area contributed by atoms with Gasteiger partial charge in [-0.05, 0) is 48.2 Å². The zero-order chi connectivity index (χ0) is 21.9. The SMILES string of the molecule is CN1C(=O)c2cc(-c3ccccc3)nn2-c2cc(-c3cccc(C#N)c3)ccc2C12CC2. The predicted molar refractivity (Wildman–Crippen MR) is 122 cm³/mol. The average Bonchev–Trinajstić information content (AvgIpc) is 3.55. The highest BCUT2D eigenvalue weighted by Crippen LogP contribution is 2.54. The van der Waals surface area contributed by atoms with Crippen LogP contribution in [0.2, 0.25) is 0 Å². The Hall–Kier alpha value is -4.17. The summed E-state index contributed by atoms with van der Waals surface area (Å²) in [6.45, 7) is 0. The van der Waals surface area contributed by atoms with Gasteiger partial charge in [-0.15, -0.1) is 0 Å². The number of amides is 1. The molecule has 5 heteroatoms. The van der Waals surface area contributed by atoms with E-state index < -0.39 is 0 Å². The Morgan fingerprint density at radius 2 is 1.66 bits per heavy atom. The molecular weight excluding hydrogens is 396 g/mol. The normalized spacial score (nSPS) is 15.6. The third kappa shape index (κ3) is 2.63. The standard InChI is InChI=1S/C27H20N4O/c1-30-26(32)25-16-23(19-7-3-2-4-8-19)29-31(25)24-15-21(10-11-22(24)27(30)12-13-27)20-9-5-6-18(14-20)17-28/h2-11,14-16H,12-13H2,1H3. The second kappa shape index (κ2) is 6.66. The van der Waals surface area contributed by atoms with Crippen LogP contribution in [-0.2, 0) is 5.54 Å². The first kappa shape index (κ1) is 18.6. The zero-order valence-corrected chi connectivity index (χ0v) is 17.6. The Bertz CT molecular complexity index is 1420. The van der Waals surface area contributed by atoms with E-state index in [-0.39, 0.29) is 11.4 Å². The molecule has 0 unspecified atom stereocenters. The summed E-state index contributed by atoms with van der Waals surface area (Å²) < 4.78 is 1.81. The number of carbonyl (C=O) groups excluding carboxylic acids is 1. The molecule has 1 aliphatic carbocycles. The van der Waals surface area contributed by atoms with Gasteiger partial charge >= 0.3 is 0 Å². The molecule has 1 fully saturated rings. The van der Waals surface area contributed by atoms with Crippen LogP contribution in [0.3, 0.4) is 0 Å². The molecule has 5 nitrogen and oxygen atoms in total. The van der Waals surface area contributed by atoms with Crippen LogP contribution in [0.5, 0.6) is 0 Å². The molecule has 0 atom stereocenters. The lowest BCUT2D eigenvalue weighted by molar-refractivity contribution is 0.0704. The molecule has 1 spiro atoms. The van der Waals surface area contributed by atoms with Gasteiger partial charge in [0.2, 0.25) is 0 Å². The van der Waals surface area contributed by atoms with Gasteiger partial charge < -0.3 is 4.90 Å². The molecule has 1 saturated carbocycles. The molecule has 6 rings (SSSR count). The van der Waals surface area contributed by atoms with Crippen molar-refractivity contribution in [1.82, 2.24) is 14.7 Å². The molecule has 154 valence electrons. The van der Waals surface area contributed by atoms with Crippen LogP contribution in [0, 0.1) is 11.3 Å². The maximum Gasteiger partial charge on any atom is 0.273 e. The van der Waals surface area contributed by atoms with Crippen LogP contribution in [0.25, 0.3) is 28.1 Å². The van der Waals surface area contributed by atoms with Crippen molar-refractivity contribution in [3.05, 3.63) is 95.7 Å². The van der Waals surface area contributed by atoms with Gasteiger partial charge in [0, 0.05) is 18.2 Å². The first-order valence-corrected chi connectivity index (χ1v) is 10.7. The van der Waals surface area contributed by atoms with Gasteiger partial charge in [0.05, 0.1) is 28.6 Å². The van der Waals surface area contributed by atoms with Crippen molar-refractivity contribution in [3.63, 3.8) is 0 Å². The Kier molecular flexibility index (Phi) is 3.87. The number of rotatable bonds is 2. The number of nitriles is 1. The molecule has 2 heterocycles. The van der Waals surface area contributed by atoms with Crippen molar-refractivity contribution < 1.29 is 4.79 Å². The van der Waals surface area contributed by atoms with Crippen molar-refractivity contribution in [2.75, 3.05) is 7.05 Å². The lowest BCUT2D eigenvalue weighted by Crippen LogP contribution is -2.36. The summed E-state index contributed by atoms with van der Waals surface area (Å²) in [7, 11) is 1.90. The van der Waals surface area contributed by atoms with E-state index in [2.05, 4.69) is 24.3 Å². The monoisotopic (exact) mass is 416 g/mol. The van der Waals surface area contributed by atoms with Crippen molar-refractivity contribution in [2.24, 2.45) is 0 Å². The predicted octanol–water partition coefficient (Wildman–Crippen LogP) is 5.15. The fourth-order valence-corrected chi connectivity index (χ4v) is 4.79. The van der Waals surface area contributed by atoms with Crippen LogP contribution in [0.4, 0.5) is 0 Å². The Morgan fingerprint density at radius 1 is 0.906 bits per heavy atom. The molecule has 1 aliphatic heterocycles. The molecule has 32 heavy (non-hydrogen) atoms. The summed E-state index contributed by atoms with van der Waals surface area (Å²) in [5, 5.41) is 14.2. The van der Waals surface area contributed by atoms with Crippen LogP contribution in [0.15, 0.2) is 78.9 Å². The number of fused-ring (bicyclic) bond motifs is 4. The van der Waals surface area contributed by atoms with E-state index in [1.165, 1.54) is 0 Å². The van der Waals surface area contributed by atoms with Crippen molar-refractivity contribution >= 4 is 5.91 Å². The van der Waals surface area contributed by atoms with Gasteiger partial charge in [-0.25, -0.2) is 4.68 Å². The highest BCUT2D eigenvalue weighted by Gasteiger charge is 2.53. The second-order valence-corrected chi connectivity index (χ2v) is 8.51. The van der Waals surface area contributed by atoms with Crippen molar-refractivity contribution in [1.29, 1.82) is 5.26 Å². The topological polar surface area (TPSA) is 61.9 Å². The minimum Gasteiger partial charge on any atom is -0.331 e. The van der Waals surface area contributed by atoms with Crippen LogP contribution in [-0.4, -0.2) is 27.6 Å². The number of benzene rings is 3. The van der Waals surface area contributed by atoms with Crippen LogP contribution < -0.4 is 0 Å². The second-order valence-electron chi connectivity index (χ2n) is 8.51. The Balaban J connectivity index is 1.59. The summed E-state index contributed by atoms with van der Waals surface area (Å²) in [5.74, 6) is -0.0126. The molecule has 0 saturated heterocycles. The summed E-state index contributed by atoms with van der Waals surface area (Å²) >= 11 is 0. The van der Waals surface area contributed by atoms with E-state index in [0.29, 0.717) is 11.3 Å². The van der Waals surface area contributed by atoms with E-state index in [1.807, 2.05) is 66.5 Å². The number of aromatic nitrogens is 2. The van der Waals surface area contributed by atoms with Crippen LogP contribution >= 0.6 is 0 Å². The molecule has 2 aliphatic rings. The smallest absolute Gasteiger partial charge is 0.273 e. The van der Waals surface area contributed by atoms with Gasteiger partial charge in [0.1, 0.15) is 5.69 Å². The largest absolute Gasteiger partial charge is 0.331 e. The molecular formula is C27H20N4O. The summed E-state index contributed by atoms with van der Waals surface area (Å²) in [5.41, 5.74) is 6.69. The summed E-state index contributed by atoms with van der Waals surface area (Å²) in [6.07, 6.45) is 1.89. The fraction of sp³-hybridized carbons (Fsp3) is 0.148. The van der Waals surface area contributed by atoms with Gasteiger partial charge in [-0.2, -0.15) is 10.4 Å². The first-order chi connectivity index (χ1) is 15.6. The van der Waals surface area contributed by atoms with Gasteiger partial charge in [-0.3, -0.25) is 4.79 Å². The maximum atomic E-state index is 13.5. The van der Waals surface area contributed by atoms with E-state index in [9.17, 15) is 10.1 Å². The molecule has 0 radical (unpaired) electrons. The minimum absolute atomic E-state index is 0.0126. The first-order valence-electron chi connectivity index (χ1n) is 10.7. The van der Waals surface area contributed by atoms with E-state index in [0.717, 1.165) is 46.5 Å². The van der Waals surface area contributed by atoms with Gasteiger partial charge in [0.15, 0.2) is 0 Å². The highest BCUT2D eigenvalue weighted by atomic mass is 16.2. The fourth-order valence-electron chi connectivity index (χ4n) is 4.79. The lowest BCUT2D eigenvalue weighted by Gasteiger charge is -2.27. The van der Waals surface area contributed by atoms with Gasteiger partial charge in [-0.1, -0.05) is 54.6 Å². The number of hydrogen-bond acceptors (Lipinski definition) is 3. The lowest BCUT2D eigenvalue weighted by atomic mass is 9.96. The number of hydrogen-bond donors (Lipinski definition) is 0. The summed E-state index contributed by atoms with van der Waals surface area (Å²) in [6, 6.07) is 27.9. The van der Waals surface area contributed by atoms with Crippen LogP contribution in [0.1, 0.15) is 34.5 Å². The number of carbonyl (C=O) groups is 1. The third-order valence-electron chi connectivity index (χ3n) is 6.72. The zero-order valence-electron chi connectivity index (χ0n) is 17.6. The quantitative estimate of drug-likeness (QED) is 0.454. The molecule has 0 bridgehead atoms. The van der Waals surface area contributed by atoms with Crippen molar-refractivity contribution in [2.45, 2.75) is 18.4 Å². The van der Waals surface area contributed by atoms with Gasteiger partial charge in [0.25, 0.3) is 5.91 Å². The number of nitrogens with zero attached hydrogens (tertiary/aromatic N) is 4. The maximum absolute atomic E-state index is 13.5. The Labute approximate surface area is 186 Å². The molecule has 4 aromatic rings. The molecule has 3 aromatic carbocycles. The minimum atomic E-state index is -0.271. The molecule has 1 amide bonds. The van der Waals surface area contributed by atoms with Crippen molar-refractivity contribution in [3.8, 4) is 34.1 Å². The summed E-state index contributed by atoms with van der Waals surface area (Å²) in [4.78, 5) is 15.4. The Morgan fingerprint density at radius 3 is 2.41 bits per heavy atom. The van der Waals surface area contributed by atoms with E-state index in [1.54, 1.807) is 10.7 Å². The average molecular weight is 416 g/mol. The molecule has 0 N–H and O–H groups in total. The van der Waals surface area contributed by atoms with E-state index >= 15 is 0 Å². The highest BCUT2D eigenvalue weighted by molar-refractivity contribution is 5.96. The molecule has 1 aromatic heterocycles. The van der Waals surface area contributed by atoms with E-state index in [4.69, 9.17) is 5.10 Å².